The van der Waals surface area contributed by atoms with Crippen molar-refractivity contribution in [2.45, 2.75) is 61.2 Å². The second-order valence-electron chi connectivity index (χ2n) is 10.4. The molecule has 2 fully saturated rings. The Morgan fingerprint density at radius 2 is 1.60 bits per heavy atom. The average Bonchev–Trinajstić information content (AvgIpc) is 3.45. The molecule has 4 atom stereocenters. The lowest BCUT2D eigenvalue weighted by atomic mass is 9.84. The third kappa shape index (κ3) is 4.65. The fraction of sp³-hybridized carbons (Fsp3) is 0.522. The van der Waals surface area contributed by atoms with Crippen LogP contribution in [0.5, 0.6) is 0 Å². The fourth-order valence-electron chi connectivity index (χ4n) is 5.80. The van der Waals surface area contributed by atoms with E-state index < -0.39 is 89.3 Å². The Balaban J connectivity index is 1.41. The van der Waals surface area contributed by atoms with Crippen molar-refractivity contribution in [3.63, 3.8) is 0 Å². The molecule has 1 spiro atoms. The molecule has 0 aromatic heterocycles. The number of guanidine groups is 2. The third-order valence-corrected chi connectivity index (χ3v) is 7.67. The highest BCUT2D eigenvalue weighted by molar-refractivity contribution is 6.02. The van der Waals surface area contributed by atoms with Gasteiger partial charge in [-0.2, -0.15) is 26.3 Å². The maximum Gasteiger partial charge on any atom is 0.416 e. The molecule has 3 amide bonds. The number of benzene rings is 1. The smallest absolute Gasteiger partial charge is 0.370 e. The van der Waals surface area contributed by atoms with Crippen molar-refractivity contribution in [1.82, 2.24) is 20.4 Å². The van der Waals surface area contributed by atoms with Gasteiger partial charge in [0.1, 0.15) is 12.1 Å². The van der Waals surface area contributed by atoms with Crippen LogP contribution in [0.15, 0.2) is 28.2 Å². The zero-order valence-electron chi connectivity index (χ0n) is 21.3. The van der Waals surface area contributed by atoms with Gasteiger partial charge in [0.2, 0.25) is 23.5 Å². The molecule has 5 rings (SSSR count). The van der Waals surface area contributed by atoms with Gasteiger partial charge in [0, 0.05) is 19.4 Å². The van der Waals surface area contributed by atoms with Crippen LogP contribution in [0.2, 0.25) is 0 Å². The number of rotatable bonds is 5. The molecule has 4 aliphatic rings. The number of aliphatic imine (C=N–C) groups is 2. The van der Waals surface area contributed by atoms with E-state index in [9.17, 15) is 50.9 Å². The summed E-state index contributed by atoms with van der Waals surface area (Å²) in [5.74, 6) is -5.66. The summed E-state index contributed by atoms with van der Waals surface area (Å²) in [6.07, 6.45) is -11.3. The van der Waals surface area contributed by atoms with E-state index in [1.807, 2.05) is 0 Å². The van der Waals surface area contributed by atoms with Crippen LogP contribution in [-0.2, 0) is 33.2 Å². The van der Waals surface area contributed by atoms with E-state index in [0.717, 1.165) is 9.80 Å². The van der Waals surface area contributed by atoms with Crippen LogP contribution >= 0.6 is 0 Å². The zero-order valence-corrected chi connectivity index (χ0v) is 21.3. The zero-order chi connectivity index (χ0) is 31.0. The van der Waals surface area contributed by atoms with Gasteiger partial charge in [-0.05, 0) is 23.8 Å². The summed E-state index contributed by atoms with van der Waals surface area (Å²) in [5.41, 5.74) is 6.03. The molecule has 0 saturated carbocycles. The Morgan fingerprint density at radius 3 is 2.14 bits per heavy atom. The minimum atomic E-state index is -5.13. The first-order chi connectivity index (χ1) is 19.3. The van der Waals surface area contributed by atoms with E-state index in [0.29, 0.717) is 12.1 Å². The van der Waals surface area contributed by atoms with E-state index in [-0.39, 0.29) is 37.4 Å². The SMILES string of the molecule is NC1=NC2[C@H](CN3C(=O)CCC3=O)N=C(N)N3C[C@H](NC(=O)Cc4cc(C(F)(F)F)cc(C(F)(F)F)c4)C(O)(O)[C@]23N1. The van der Waals surface area contributed by atoms with Crippen molar-refractivity contribution in [3.05, 3.63) is 34.9 Å². The Morgan fingerprint density at radius 1 is 1.02 bits per heavy atom. The quantitative estimate of drug-likeness (QED) is 0.132. The first-order valence-corrected chi connectivity index (χ1v) is 12.4. The summed E-state index contributed by atoms with van der Waals surface area (Å²) in [6.45, 7) is -0.771. The molecule has 1 aromatic carbocycles. The standard InChI is InChI=1S/C23H24F6N8O5/c24-22(25,26)10-3-9(4-11(6-10)23(27,28)29)5-14(38)33-13-8-37-19(31)32-12(7-36-15(39)1-2-16(36)40)17-20(37,21(13,41)42)35-18(30)34-17/h3-4,6,12-13,17,41-42H,1-2,5,7-8H2,(H2,31,32)(H,33,38)(H3,30,34,35)/t12-,13-,17?,20-/m0/s1. The molecule has 0 bridgehead atoms. The number of nitrogens with zero attached hydrogens (tertiary/aromatic N) is 4. The van der Waals surface area contributed by atoms with Crippen molar-refractivity contribution in [1.29, 1.82) is 0 Å². The topological polar surface area (TPSA) is 199 Å². The number of hydrogen-bond acceptors (Lipinski definition) is 11. The maximum absolute atomic E-state index is 13.2. The van der Waals surface area contributed by atoms with Gasteiger partial charge in [0.25, 0.3) is 0 Å². The van der Waals surface area contributed by atoms with Crippen LogP contribution < -0.4 is 22.1 Å². The van der Waals surface area contributed by atoms with Gasteiger partial charge in [-0.15, -0.1) is 0 Å². The number of amides is 3. The molecule has 228 valence electrons. The molecule has 0 aliphatic carbocycles. The highest BCUT2D eigenvalue weighted by Crippen LogP contribution is 2.45. The molecule has 1 unspecified atom stereocenters. The first kappa shape index (κ1) is 29.4. The third-order valence-electron chi connectivity index (χ3n) is 7.67. The van der Waals surface area contributed by atoms with Crippen LogP contribution in [0.3, 0.4) is 0 Å². The first-order valence-electron chi connectivity index (χ1n) is 12.4. The Hall–Kier alpha value is -4.13. The lowest BCUT2D eigenvalue weighted by molar-refractivity contribution is -0.232. The maximum atomic E-state index is 13.2. The molecule has 13 nitrogen and oxygen atoms in total. The van der Waals surface area contributed by atoms with Crippen molar-refractivity contribution >= 4 is 29.6 Å². The number of aliphatic hydroxyl groups is 2. The second-order valence-corrected chi connectivity index (χ2v) is 10.4. The van der Waals surface area contributed by atoms with Crippen molar-refractivity contribution in [3.8, 4) is 0 Å². The number of halogens is 6. The molecule has 0 radical (unpaired) electrons. The van der Waals surface area contributed by atoms with Crippen molar-refractivity contribution < 1.29 is 50.9 Å². The number of alkyl halides is 6. The number of nitrogens with two attached hydrogens (primary N) is 2. The number of likely N-dealkylation sites (tertiary alicyclic amines) is 1. The lowest BCUT2D eigenvalue weighted by Crippen LogP contribution is -2.78. The molecule has 1 aromatic rings. The van der Waals surface area contributed by atoms with Gasteiger partial charge in [0.05, 0.1) is 30.1 Å². The highest BCUT2D eigenvalue weighted by atomic mass is 19.4. The number of nitrogens with one attached hydrogen (secondary N) is 2. The minimum Gasteiger partial charge on any atom is -0.370 e. The summed E-state index contributed by atoms with van der Waals surface area (Å²) in [6, 6.07) is -3.32. The predicted molar refractivity (Wildman–Crippen MR) is 129 cm³/mol. The largest absolute Gasteiger partial charge is 0.416 e. The molecule has 4 heterocycles. The van der Waals surface area contributed by atoms with E-state index in [2.05, 4.69) is 20.6 Å². The van der Waals surface area contributed by atoms with Crippen LogP contribution in [0.25, 0.3) is 0 Å². The van der Waals surface area contributed by atoms with Gasteiger partial charge >= 0.3 is 12.4 Å². The summed E-state index contributed by atoms with van der Waals surface area (Å²) in [7, 11) is 0. The minimum absolute atomic E-state index is 0.0231. The molecule has 4 aliphatic heterocycles. The van der Waals surface area contributed by atoms with Gasteiger partial charge in [-0.25, -0.2) is 9.98 Å². The van der Waals surface area contributed by atoms with Crippen LogP contribution in [0.4, 0.5) is 26.3 Å². The Labute approximate surface area is 232 Å². The summed E-state index contributed by atoms with van der Waals surface area (Å²) < 4.78 is 79.4. The second kappa shape index (κ2) is 9.45. The van der Waals surface area contributed by atoms with E-state index in [4.69, 9.17) is 11.5 Å². The fourth-order valence-corrected chi connectivity index (χ4v) is 5.80. The summed E-state index contributed by atoms with van der Waals surface area (Å²) in [4.78, 5) is 47.8. The number of imide groups is 1. The summed E-state index contributed by atoms with van der Waals surface area (Å²) >= 11 is 0. The normalized spacial score (nSPS) is 28.7. The average molecular weight is 606 g/mol. The molecule has 2 saturated heterocycles. The predicted octanol–water partition coefficient (Wildman–Crippen LogP) is -1.42. The van der Waals surface area contributed by atoms with Gasteiger partial charge < -0.3 is 37.2 Å². The van der Waals surface area contributed by atoms with Gasteiger partial charge in [-0.3, -0.25) is 19.3 Å². The monoisotopic (exact) mass is 606 g/mol. The van der Waals surface area contributed by atoms with Gasteiger partial charge in [0.15, 0.2) is 17.6 Å². The van der Waals surface area contributed by atoms with Gasteiger partial charge in [-0.1, -0.05) is 0 Å². The van der Waals surface area contributed by atoms with Crippen molar-refractivity contribution in [2.75, 3.05) is 13.1 Å². The Kier molecular flexibility index (Phi) is 6.60. The Bertz CT molecular complexity index is 1360. The molecule has 42 heavy (non-hydrogen) atoms. The van der Waals surface area contributed by atoms with Crippen LogP contribution in [-0.4, -0.2) is 92.3 Å². The lowest BCUT2D eigenvalue weighted by Gasteiger charge is -2.49. The summed E-state index contributed by atoms with van der Waals surface area (Å²) in [5, 5.41) is 27.7. The molecular weight excluding hydrogens is 582 g/mol. The molecule has 8 N–H and O–H groups in total. The van der Waals surface area contributed by atoms with Crippen LogP contribution in [0.1, 0.15) is 29.5 Å². The van der Waals surface area contributed by atoms with Crippen LogP contribution in [0, 0.1) is 0 Å². The van der Waals surface area contributed by atoms with Crippen molar-refractivity contribution in [2.24, 2.45) is 21.5 Å². The number of carbonyl (C=O) groups is 3. The van der Waals surface area contributed by atoms with E-state index in [1.165, 1.54) is 0 Å². The molecule has 19 heteroatoms. The molecular formula is C23H24F6N8O5. The van der Waals surface area contributed by atoms with E-state index in [1.54, 1.807) is 0 Å². The number of carbonyl (C=O) groups excluding carboxylic acids is 3. The number of hydrogen-bond donors (Lipinski definition) is 6. The van der Waals surface area contributed by atoms with E-state index >= 15 is 0 Å². The highest BCUT2D eigenvalue weighted by Gasteiger charge is 2.73.